The number of nitrogens with zero attached hydrogens (tertiary/aromatic N) is 1. The quantitative estimate of drug-likeness (QED) is 0.294. The third-order valence-electron chi connectivity index (χ3n) is 1.92. The zero-order valence-corrected chi connectivity index (χ0v) is 10.3. The summed E-state index contributed by atoms with van der Waals surface area (Å²) in [6.07, 6.45) is 4.78. The van der Waals surface area contributed by atoms with Gasteiger partial charge in [0, 0.05) is 25.2 Å². The van der Waals surface area contributed by atoms with Crippen molar-refractivity contribution in [3.63, 3.8) is 0 Å². The van der Waals surface area contributed by atoms with Crippen LogP contribution >= 0.6 is 11.6 Å². The van der Waals surface area contributed by atoms with E-state index in [0.717, 1.165) is 25.8 Å². The van der Waals surface area contributed by atoms with Gasteiger partial charge in [0.25, 0.3) is 5.91 Å². The molecule has 0 aliphatic rings. The number of amides is 1. The van der Waals surface area contributed by atoms with Crippen LogP contribution in [0, 0.1) is 11.3 Å². The molecule has 0 spiro atoms. The van der Waals surface area contributed by atoms with Gasteiger partial charge in [-0.25, -0.2) is 0 Å². The molecule has 1 amide bonds. The summed E-state index contributed by atoms with van der Waals surface area (Å²) in [5.74, 6) is -0.0416. The molecule has 0 heterocycles. The average Bonchev–Trinajstić information content (AvgIpc) is 2.31. The molecule has 0 fully saturated rings. The monoisotopic (exact) mass is 243 g/mol. The minimum Gasteiger partial charge on any atom is -0.390 e. The predicted octanol–water partition coefficient (Wildman–Crippen LogP) is 1.53. The fourth-order valence-electron chi connectivity index (χ4n) is 1.06. The van der Waals surface area contributed by atoms with Crippen LogP contribution in [0.15, 0.2) is 11.8 Å². The highest BCUT2D eigenvalue weighted by Gasteiger charge is 2.06. The second-order valence-corrected chi connectivity index (χ2v) is 3.65. The van der Waals surface area contributed by atoms with E-state index in [9.17, 15) is 4.79 Å². The lowest BCUT2D eigenvalue weighted by Gasteiger charge is -2.02. The normalized spacial score (nSPS) is 10.7. The van der Waals surface area contributed by atoms with Crippen LogP contribution in [0.2, 0.25) is 0 Å². The Morgan fingerprint density at radius 3 is 2.75 bits per heavy atom. The number of nitrogens with one attached hydrogen (secondary N) is 2. The minimum absolute atomic E-state index is 0.0848. The first-order chi connectivity index (χ1) is 7.76. The third kappa shape index (κ3) is 7.13. The smallest absolute Gasteiger partial charge is 0.263 e. The molecule has 0 bridgehead atoms. The minimum atomic E-state index is -0.383. The second kappa shape index (κ2) is 10.3. The van der Waals surface area contributed by atoms with Crippen molar-refractivity contribution in [2.24, 2.45) is 0 Å². The van der Waals surface area contributed by atoms with E-state index in [0.29, 0.717) is 12.4 Å². The van der Waals surface area contributed by atoms with E-state index in [2.05, 4.69) is 17.6 Å². The van der Waals surface area contributed by atoms with Crippen LogP contribution in [0.5, 0.6) is 0 Å². The standard InChI is InChI=1S/C11H18ClN3O/c1-2-3-4-6-14-9-10(8-13)11(16)15-7-5-12/h9,14H,2-7H2,1H3,(H,15,16)/b10-9-. The van der Waals surface area contributed by atoms with Crippen molar-refractivity contribution >= 4 is 17.5 Å². The van der Waals surface area contributed by atoms with Crippen LogP contribution in [0.3, 0.4) is 0 Å². The molecular weight excluding hydrogens is 226 g/mol. The number of carbonyl (C=O) groups is 1. The van der Waals surface area contributed by atoms with Gasteiger partial charge in [0.2, 0.25) is 0 Å². The number of alkyl halides is 1. The highest BCUT2D eigenvalue weighted by atomic mass is 35.5. The van der Waals surface area contributed by atoms with Gasteiger partial charge in [-0.2, -0.15) is 5.26 Å². The lowest BCUT2D eigenvalue weighted by Crippen LogP contribution is -2.27. The molecule has 0 rings (SSSR count). The summed E-state index contributed by atoms with van der Waals surface area (Å²) in [5.41, 5.74) is 0.0848. The highest BCUT2D eigenvalue weighted by Crippen LogP contribution is 1.93. The number of halogens is 1. The van der Waals surface area contributed by atoms with Gasteiger partial charge in [0.05, 0.1) is 0 Å². The summed E-state index contributed by atoms with van der Waals surface area (Å²) in [4.78, 5) is 11.4. The maximum absolute atomic E-state index is 11.4. The first kappa shape index (κ1) is 14.8. The molecule has 2 N–H and O–H groups in total. The Morgan fingerprint density at radius 1 is 1.44 bits per heavy atom. The Bertz CT molecular complexity index is 271. The largest absolute Gasteiger partial charge is 0.390 e. The summed E-state index contributed by atoms with van der Waals surface area (Å²) in [6.45, 7) is 3.27. The van der Waals surface area contributed by atoms with Crippen molar-refractivity contribution in [3.05, 3.63) is 11.8 Å². The van der Waals surface area contributed by atoms with Gasteiger partial charge in [-0.1, -0.05) is 19.8 Å². The van der Waals surface area contributed by atoms with Gasteiger partial charge in [-0.15, -0.1) is 11.6 Å². The number of hydrogen-bond acceptors (Lipinski definition) is 3. The van der Waals surface area contributed by atoms with Gasteiger partial charge in [-0.05, 0) is 6.42 Å². The predicted molar refractivity (Wildman–Crippen MR) is 65.0 cm³/mol. The maximum atomic E-state index is 11.4. The van der Waals surface area contributed by atoms with E-state index in [1.165, 1.54) is 6.20 Å². The van der Waals surface area contributed by atoms with E-state index < -0.39 is 0 Å². The van der Waals surface area contributed by atoms with Crippen LogP contribution in [0.25, 0.3) is 0 Å². The summed E-state index contributed by atoms with van der Waals surface area (Å²) < 4.78 is 0. The van der Waals surface area contributed by atoms with Gasteiger partial charge in [0.15, 0.2) is 0 Å². The number of nitriles is 1. The van der Waals surface area contributed by atoms with Gasteiger partial charge >= 0.3 is 0 Å². The van der Waals surface area contributed by atoms with Crippen molar-refractivity contribution in [2.75, 3.05) is 19.0 Å². The topological polar surface area (TPSA) is 64.9 Å². The Balaban J connectivity index is 3.92. The Morgan fingerprint density at radius 2 is 2.19 bits per heavy atom. The first-order valence-corrected chi connectivity index (χ1v) is 5.97. The van der Waals surface area contributed by atoms with Gasteiger partial charge in [0.1, 0.15) is 11.6 Å². The summed E-state index contributed by atoms with van der Waals surface area (Å²) >= 11 is 5.42. The molecule has 0 aliphatic heterocycles. The van der Waals surface area contributed by atoms with E-state index >= 15 is 0 Å². The molecule has 90 valence electrons. The molecule has 16 heavy (non-hydrogen) atoms. The fraction of sp³-hybridized carbons (Fsp3) is 0.636. The lowest BCUT2D eigenvalue weighted by molar-refractivity contribution is -0.117. The molecule has 0 aliphatic carbocycles. The second-order valence-electron chi connectivity index (χ2n) is 3.28. The van der Waals surface area contributed by atoms with Crippen molar-refractivity contribution in [1.82, 2.24) is 10.6 Å². The van der Waals surface area contributed by atoms with Crippen molar-refractivity contribution < 1.29 is 4.79 Å². The van der Waals surface area contributed by atoms with Crippen molar-refractivity contribution in [1.29, 1.82) is 5.26 Å². The van der Waals surface area contributed by atoms with E-state index in [4.69, 9.17) is 16.9 Å². The van der Waals surface area contributed by atoms with Crippen molar-refractivity contribution in [2.45, 2.75) is 26.2 Å². The number of rotatable bonds is 8. The van der Waals surface area contributed by atoms with E-state index in [-0.39, 0.29) is 11.5 Å². The average molecular weight is 244 g/mol. The van der Waals surface area contributed by atoms with Crippen LogP contribution in [0.1, 0.15) is 26.2 Å². The Hall–Kier alpha value is -1.21. The molecule has 0 saturated carbocycles. The lowest BCUT2D eigenvalue weighted by atomic mass is 10.2. The first-order valence-electron chi connectivity index (χ1n) is 5.44. The van der Waals surface area contributed by atoms with Gasteiger partial charge in [-0.3, -0.25) is 4.79 Å². The zero-order valence-electron chi connectivity index (χ0n) is 9.55. The van der Waals surface area contributed by atoms with Crippen LogP contribution in [-0.2, 0) is 4.79 Å². The molecule has 5 heteroatoms. The summed E-state index contributed by atoms with van der Waals surface area (Å²) in [5, 5.41) is 14.2. The Labute approximate surface area is 102 Å². The van der Waals surface area contributed by atoms with Crippen LogP contribution < -0.4 is 10.6 Å². The molecule has 0 aromatic carbocycles. The molecule has 0 aromatic heterocycles. The third-order valence-corrected chi connectivity index (χ3v) is 2.11. The molecule has 0 unspecified atom stereocenters. The van der Waals surface area contributed by atoms with E-state index in [1.54, 1.807) is 0 Å². The molecular formula is C11H18ClN3O. The maximum Gasteiger partial charge on any atom is 0.263 e. The SMILES string of the molecule is CCCCCN/C=C(/C#N)C(=O)NCCCl. The molecule has 0 saturated heterocycles. The molecule has 0 radical (unpaired) electrons. The Kier molecular flexibility index (Phi) is 9.53. The number of unbranched alkanes of at least 4 members (excludes halogenated alkanes) is 2. The fourth-order valence-corrected chi connectivity index (χ4v) is 1.15. The molecule has 0 atom stereocenters. The highest BCUT2D eigenvalue weighted by molar-refractivity contribution is 6.18. The van der Waals surface area contributed by atoms with Crippen molar-refractivity contribution in [3.8, 4) is 6.07 Å². The number of hydrogen-bond donors (Lipinski definition) is 2. The summed E-state index contributed by atoms with van der Waals surface area (Å²) in [6, 6.07) is 1.85. The summed E-state index contributed by atoms with van der Waals surface area (Å²) in [7, 11) is 0. The van der Waals surface area contributed by atoms with Crippen LogP contribution in [0.4, 0.5) is 0 Å². The zero-order chi connectivity index (χ0) is 12.2. The van der Waals surface area contributed by atoms with Gasteiger partial charge < -0.3 is 10.6 Å². The van der Waals surface area contributed by atoms with Crippen LogP contribution in [-0.4, -0.2) is 24.9 Å². The molecule has 4 nitrogen and oxygen atoms in total. The molecule has 0 aromatic rings. The van der Waals surface area contributed by atoms with E-state index in [1.807, 2.05) is 6.07 Å². The number of carbonyl (C=O) groups excluding carboxylic acids is 1.